The number of piperazine rings is 1. The first-order valence-electron chi connectivity index (χ1n) is 7.98. The van der Waals surface area contributed by atoms with Crippen LogP contribution in [0.5, 0.6) is 0 Å². The molecule has 2 amide bonds. The molecule has 0 aliphatic carbocycles. The van der Waals surface area contributed by atoms with Gasteiger partial charge in [0.15, 0.2) is 6.04 Å². The maximum atomic E-state index is 12.0. The second-order valence-corrected chi connectivity index (χ2v) is 6.07. The van der Waals surface area contributed by atoms with E-state index in [-0.39, 0.29) is 11.9 Å². The van der Waals surface area contributed by atoms with Gasteiger partial charge in [0.05, 0.1) is 33.3 Å². The lowest BCUT2D eigenvalue weighted by Crippen LogP contribution is -3.19. The van der Waals surface area contributed by atoms with Crippen molar-refractivity contribution in [1.82, 2.24) is 5.32 Å². The number of carbonyl (C=O) groups is 2. The molecule has 1 fully saturated rings. The second kappa shape index (κ2) is 7.46. The van der Waals surface area contributed by atoms with E-state index in [9.17, 15) is 9.59 Å². The molecule has 1 aromatic carbocycles. The third-order valence-electron chi connectivity index (χ3n) is 4.74. The molecule has 2 N–H and O–H groups in total. The molecular weight excluding hydrogens is 294 g/mol. The van der Waals surface area contributed by atoms with Crippen LogP contribution in [0.1, 0.15) is 18.1 Å². The number of amides is 2. The molecule has 0 aromatic heterocycles. The zero-order valence-corrected chi connectivity index (χ0v) is 14.3. The number of hydrogen-bond acceptors (Lipinski definition) is 4. The van der Waals surface area contributed by atoms with E-state index in [1.165, 1.54) is 28.8 Å². The summed E-state index contributed by atoms with van der Waals surface area (Å²) in [7, 11) is 1.25. The summed E-state index contributed by atoms with van der Waals surface area (Å²) in [6, 6.07) is 6.10. The molecule has 1 aliphatic rings. The Kier molecular flexibility index (Phi) is 5.60. The number of quaternary nitrogens is 1. The predicted molar refractivity (Wildman–Crippen MR) is 88.8 cm³/mol. The van der Waals surface area contributed by atoms with Gasteiger partial charge in [0.25, 0.3) is 5.91 Å². The third-order valence-corrected chi connectivity index (χ3v) is 4.74. The normalized spacial score (nSPS) is 16.8. The molecule has 6 nitrogen and oxygen atoms in total. The van der Waals surface area contributed by atoms with E-state index in [1.807, 2.05) is 6.92 Å². The van der Waals surface area contributed by atoms with Crippen LogP contribution in [0, 0.1) is 13.8 Å². The van der Waals surface area contributed by atoms with Gasteiger partial charge in [-0.1, -0.05) is 12.1 Å². The number of alkyl carbamates (subject to hydrolysis) is 1. The number of carbonyl (C=O) groups excluding carboxylic acids is 2. The van der Waals surface area contributed by atoms with Crippen LogP contribution in [-0.2, 0) is 9.53 Å². The molecule has 0 radical (unpaired) electrons. The van der Waals surface area contributed by atoms with Crippen LogP contribution in [-0.4, -0.2) is 51.3 Å². The van der Waals surface area contributed by atoms with E-state index in [1.54, 1.807) is 0 Å². The van der Waals surface area contributed by atoms with Gasteiger partial charge >= 0.3 is 6.09 Å². The Morgan fingerprint density at radius 3 is 2.52 bits per heavy atom. The summed E-state index contributed by atoms with van der Waals surface area (Å²) in [5, 5.41) is 2.25. The van der Waals surface area contributed by atoms with Crippen molar-refractivity contribution in [3.8, 4) is 0 Å². The molecule has 1 aliphatic heterocycles. The molecule has 1 aromatic rings. The first-order chi connectivity index (χ1) is 10.9. The smallest absolute Gasteiger partial charge is 0.413 e. The van der Waals surface area contributed by atoms with Crippen molar-refractivity contribution >= 4 is 17.7 Å². The number of nitrogens with one attached hydrogen (secondary N) is 2. The summed E-state index contributed by atoms with van der Waals surface area (Å²) in [6.07, 6.45) is -0.699. The van der Waals surface area contributed by atoms with Crippen LogP contribution in [0.2, 0.25) is 0 Å². The lowest BCUT2D eigenvalue weighted by molar-refractivity contribution is -0.914. The van der Waals surface area contributed by atoms with Gasteiger partial charge in [0, 0.05) is 5.69 Å². The molecule has 0 saturated carbocycles. The summed E-state index contributed by atoms with van der Waals surface area (Å²) in [5.74, 6) is -0.285. The average Bonchev–Trinajstić information content (AvgIpc) is 2.56. The molecule has 1 heterocycles. The van der Waals surface area contributed by atoms with Crippen LogP contribution in [0.3, 0.4) is 0 Å². The number of nitrogens with zero attached hydrogens (tertiary/aromatic N) is 1. The Balaban J connectivity index is 1.94. The summed E-state index contributed by atoms with van der Waals surface area (Å²) < 4.78 is 4.47. The number of rotatable bonds is 3. The number of hydrogen-bond donors (Lipinski definition) is 2. The number of methoxy groups -OCH3 is 1. The Labute approximate surface area is 137 Å². The van der Waals surface area contributed by atoms with E-state index < -0.39 is 6.09 Å². The zero-order valence-electron chi connectivity index (χ0n) is 14.3. The monoisotopic (exact) mass is 320 g/mol. The summed E-state index contributed by atoms with van der Waals surface area (Å²) in [5.41, 5.74) is 3.88. The van der Waals surface area contributed by atoms with E-state index in [2.05, 4.69) is 47.0 Å². The predicted octanol–water partition coefficient (Wildman–Crippen LogP) is 0.279. The highest BCUT2D eigenvalue weighted by atomic mass is 16.5. The minimum absolute atomic E-state index is 0.269. The Morgan fingerprint density at radius 2 is 1.91 bits per heavy atom. The molecule has 0 bridgehead atoms. The van der Waals surface area contributed by atoms with E-state index in [4.69, 9.17) is 0 Å². The summed E-state index contributed by atoms with van der Waals surface area (Å²) >= 11 is 0. The van der Waals surface area contributed by atoms with Crippen molar-refractivity contribution in [2.24, 2.45) is 0 Å². The maximum Gasteiger partial charge on any atom is 0.413 e. The standard InChI is InChI=1S/C17H25N3O3/c1-12-6-5-7-15(13(12)2)20-10-8-19(9-11-20)14(3)16(21)18-17(22)23-4/h5-7,14H,8-11H2,1-4H3,(H,18,21,22)/p+1/t14-/m1/s1. The highest BCUT2D eigenvalue weighted by molar-refractivity contribution is 5.93. The van der Waals surface area contributed by atoms with Gasteiger partial charge in [0.1, 0.15) is 0 Å². The first-order valence-corrected chi connectivity index (χ1v) is 7.98. The lowest BCUT2D eigenvalue weighted by Gasteiger charge is -2.36. The zero-order chi connectivity index (χ0) is 17.0. The van der Waals surface area contributed by atoms with Gasteiger partial charge < -0.3 is 14.5 Å². The molecule has 0 spiro atoms. The fraction of sp³-hybridized carbons (Fsp3) is 0.529. The quantitative estimate of drug-likeness (QED) is 0.840. The highest BCUT2D eigenvalue weighted by Crippen LogP contribution is 2.22. The molecule has 2 rings (SSSR count). The second-order valence-electron chi connectivity index (χ2n) is 6.07. The van der Waals surface area contributed by atoms with Gasteiger partial charge in [-0.05, 0) is 38.0 Å². The van der Waals surface area contributed by atoms with E-state index in [0.717, 1.165) is 26.2 Å². The molecule has 6 heteroatoms. The number of anilines is 1. The van der Waals surface area contributed by atoms with Crippen LogP contribution < -0.4 is 15.1 Å². The van der Waals surface area contributed by atoms with Crippen molar-refractivity contribution in [2.75, 3.05) is 38.2 Å². The first kappa shape index (κ1) is 17.3. The van der Waals surface area contributed by atoms with E-state index in [0.29, 0.717) is 0 Å². The summed E-state index contributed by atoms with van der Waals surface area (Å²) in [6.45, 7) is 9.65. The Bertz CT molecular complexity index is 580. The van der Waals surface area contributed by atoms with Gasteiger partial charge in [-0.25, -0.2) is 4.79 Å². The number of aryl methyl sites for hydroxylation is 1. The van der Waals surface area contributed by atoms with E-state index >= 15 is 0 Å². The van der Waals surface area contributed by atoms with Crippen LogP contribution >= 0.6 is 0 Å². The van der Waals surface area contributed by atoms with Crippen molar-refractivity contribution in [1.29, 1.82) is 0 Å². The van der Waals surface area contributed by atoms with Crippen LogP contribution in [0.4, 0.5) is 10.5 Å². The minimum atomic E-state index is -0.699. The Hall–Kier alpha value is -2.08. The summed E-state index contributed by atoms with van der Waals surface area (Å²) in [4.78, 5) is 26.7. The SMILES string of the molecule is COC(=O)NC(=O)[C@@H](C)[NH+]1CCN(c2cccc(C)c2C)CC1. The minimum Gasteiger partial charge on any atom is -0.453 e. The highest BCUT2D eigenvalue weighted by Gasteiger charge is 2.30. The molecule has 1 atom stereocenters. The van der Waals surface area contributed by atoms with Crippen molar-refractivity contribution in [3.05, 3.63) is 29.3 Å². The average molecular weight is 320 g/mol. The maximum absolute atomic E-state index is 12.0. The molecule has 1 saturated heterocycles. The number of benzene rings is 1. The molecule has 0 unspecified atom stereocenters. The fourth-order valence-corrected chi connectivity index (χ4v) is 2.99. The van der Waals surface area contributed by atoms with Gasteiger partial charge in [-0.3, -0.25) is 10.1 Å². The third kappa shape index (κ3) is 4.01. The number of imide groups is 1. The van der Waals surface area contributed by atoms with Gasteiger partial charge in [-0.2, -0.15) is 0 Å². The fourth-order valence-electron chi connectivity index (χ4n) is 2.99. The van der Waals surface area contributed by atoms with Crippen molar-refractivity contribution in [3.63, 3.8) is 0 Å². The van der Waals surface area contributed by atoms with Gasteiger partial charge in [-0.15, -0.1) is 0 Å². The molecular formula is C17H26N3O3+. The molecule has 23 heavy (non-hydrogen) atoms. The topological polar surface area (TPSA) is 63.1 Å². The van der Waals surface area contributed by atoms with Crippen LogP contribution in [0.25, 0.3) is 0 Å². The number of ether oxygens (including phenoxy) is 1. The largest absolute Gasteiger partial charge is 0.453 e. The van der Waals surface area contributed by atoms with Crippen molar-refractivity contribution < 1.29 is 19.2 Å². The van der Waals surface area contributed by atoms with Crippen LogP contribution in [0.15, 0.2) is 18.2 Å². The Morgan fingerprint density at radius 1 is 1.26 bits per heavy atom. The van der Waals surface area contributed by atoms with Gasteiger partial charge in [0.2, 0.25) is 0 Å². The molecule has 126 valence electrons. The lowest BCUT2D eigenvalue weighted by atomic mass is 10.1. The van der Waals surface area contributed by atoms with Crippen molar-refractivity contribution in [2.45, 2.75) is 26.8 Å².